The van der Waals surface area contributed by atoms with Crippen molar-refractivity contribution in [1.82, 2.24) is 0 Å². The standard InChI is InChI=1S/C2H6N2.Co.4HNO2/c3-1-2-4;;4*2-1-3/h3-4H,1-2H2;;4*(H,2,3)/q-2;+2;;;;/p-4. The van der Waals surface area contributed by atoms with Crippen LogP contribution in [0, 0.1) is 40.5 Å². The summed E-state index contributed by atoms with van der Waals surface area (Å²) in [5.74, 6) is 0. The summed E-state index contributed by atoms with van der Waals surface area (Å²) in [5, 5.41) is 36.0. The molecule has 0 rings (SSSR count). The maximum Gasteiger partial charge on any atom is 2.00 e. The van der Waals surface area contributed by atoms with Gasteiger partial charge in [0.1, 0.15) is 0 Å². The van der Waals surface area contributed by atoms with Gasteiger partial charge in [-0.15, -0.1) is 21.4 Å². The Hall–Kier alpha value is -1.97. The molecule has 15 heteroatoms. The molecule has 0 saturated carbocycles. The van der Waals surface area contributed by atoms with Crippen molar-refractivity contribution in [2.45, 2.75) is 0 Å². The SMILES string of the molecule is O=N[O-].O=N[O-].O=N[O-].O=N[O-].[Co+2].[NH-]CC[NH-]. The van der Waals surface area contributed by atoms with Crippen LogP contribution in [0.5, 0.6) is 0 Å². The minimum atomic E-state index is 0. The normalized spacial score (nSPS) is 4.59. The van der Waals surface area contributed by atoms with Crippen LogP contribution < -0.4 is 0 Å². The van der Waals surface area contributed by atoms with Crippen LogP contribution in [0.25, 0.3) is 11.5 Å². The maximum absolute atomic E-state index is 8.00. The summed E-state index contributed by atoms with van der Waals surface area (Å²) >= 11 is 0. The molecule has 0 heterocycles. The molecule has 0 aromatic carbocycles. The van der Waals surface area contributed by atoms with E-state index in [1.165, 1.54) is 0 Å². The Morgan fingerprint density at radius 2 is 0.706 bits per heavy atom. The van der Waals surface area contributed by atoms with Crippen molar-refractivity contribution < 1.29 is 16.8 Å². The zero-order chi connectivity index (χ0) is 14.2. The molecule has 0 aliphatic heterocycles. The fourth-order valence-corrected chi connectivity index (χ4v) is 0. The maximum atomic E-state index is 8.00. The number of nitrogens with one attached hydrogen (secondary N) is 2. The first kappa shape index (κ1) is 36.3. The summed E-state index contributed by atoms with van der Waals surface area (Å²) in [6.45, 7) is 0.472. The van der Waals surface area contributed by atoms with Gasteiger partial charge in [0.05, 0.1) is 0 Å². The molecule has 0 atom stereocenters. The molecular formula is C2H6CoN6O8-4. The quantitative estimate of drug-likeness (QED) is 0.509. The predicted molar refractivity (Wildman–Crippen MR) is 55.0 cm³/mol. The summed E-state index contributed by atoms with van der Waals surface area (Å²) in [7, 11) is 0. The summed E-state index contributed by atoms with van der Waals surface area (Å²) in [5.41, 5.74) is 12.5. The van der Waals surface area contributed by atoms with Gasteiger partial charge in [-0.2, -0.15) is 13.1 Å². The van der Waals surface area contributed by atoms with Gasteiger partial charge in [0.15, 0.2) is 0 Å². The van der Waals surface area contributed by atoms with Crippen molar-refractivity contribution in [2.24, 2.45) is 21.4 Å². The van der Waals surface area contributed by atoms with Crippen molar-refractivity contribution in [3.63, 3.8) is 0 Å². The van der Waals surface area contributed by atoms with Gasteiger partial charge in [0, 0.05) is 0 Å². The van der Waals surface area contributed by atoms with E-state index in [1.54, 1.807) is 0 Å². The summed E-state index contributed by atoms with van der Waals surface area (Å²) in [4.78, 5) is 32.0. The Morgan fingerprint density at radius 1 is 0.647 bits per heavy atom. The molecule has 0 aromatic rings. The number of hydrogen-bond donors (Lipinski definition) is 0. The first-order chi connectivity index (χ1) is 7.57. The third-order valence-corrected chi connectivity index (χ3v) is 0.125. The van der Waals surface area contributed by atoms with Gasteiger partial charge in [-0.1, -0.05) is 0 Å². The first-order valence-electron chi connectivity index (χ1n) is 2.67. The van der Waals surface area contributed by atoms with Crippen LogP contribution in [0.3, 0.4) is 0 Å². The molecule has 0 aliphatic rings. The van der Waals surface area contributed by atoms with Gasteiger partial charge in [-0.3, -0.25) is 0 Å². The number of hydrogen-bond acceptors (Lipinski definition) is 12. The summed E-state index contributed by atoms with van der Waals surface area (Å²) < 4.78 is 0. The minimum Gasteiger partial charge on any atom is -0.679 e. The molecule has 14 nitrogen and oxygen atoms in total. The molecule has 0 unspecified atom stereocenters. The van der Waals surface area contributed by atoms with E-state index in [9.17, 15) is 0 Å². The van der Waals surface area contributed by atoms with Crippen molar-refractivity contribution in [1.29, 1.82) is 0 Å². The fraction of sp³-hybridized carbons (Fsp3) is 1.00. The van der Waals surface area contributed by atoms with E-state index in [1.807, 2.05) is 0 Å². The van der Waals surface area contributed by atoms with E-state index in [0.29, 0.717) is 0 Å². The molecule has 0 aliphatic carbocycles. The van der Waals surface area contributed by atoms with Crippen molar-refractivity contribution in [3.05, 3.63) is 51.9 Å². The zero-order valence-corrected chi connectivity index (χ0v) is 8.84. The molecule has 1 radical (unpaired) electrons. The van der Waals surface area contributed by atoms with Gasteiger partial charge in [-0.05, 0) is 0 Å². The van der Waals surface area contributed by atoms with Gasteiger partial charge < -0.3 is 51.9 Å². The van der Waals surface area contributed by atoms with Crippen molar-refractivity contribution >= 4 is 0 Å². The molecule has 0 saturated heterocycles. The fourth-order valence-electron chi connectivity index (χ4n) is 0. The molecule has 0 spiro atoms. The van der Waals surface area contributed by atoms with Gasteiger partial charge in [0.25, 0.3) is 0 Å². The first-order valence-corrected chi connectivity index (χ1v) is 2.67. The monoisotopic (exact) mass is 301 g/mol. The third kappa shape index (κ3) is 2140. The average molecular weight is 301 g/mol. The topological polar surface area (TPSA) is 258 Å². The Kier molecular flexibility index (Phi) is 313. The van der Waals surface area contributed by atoms with Crippen LogP contribution in [0.4, 0.5) is 0 Å². The Morgan fingerprint density at radius 3 is 0.706 bits per heavy atom. The van der Waals surface area contributed by atoms with Crippen LogP contribution in [-0.2, 0) is 16.8 Å². The summed E-state index contributed by atoms with van der Waals surface area (Å²) in [6.07, 6.45) is 0. The Labute approximate surface area is 104 Å². The van der Waals surface area contributed by atoms with E-state index < -0.39 is 0 Å². The molecule has 17 heavy (non-hydrogen) atoms. The van der Waals surface area contributed by atoms with Gasteiger partial charge >= 0.3 is 16.8 Å². The van der Waals surface area contributed by atoms with Crippen LogP contribution >= 0.6 is 0 Å². The molecule has 0 aromatic heterocycles. The van der Waals surface area contributed by atoms with Crippen LogP contribution in [0.2, 0.25) is 0 Å². The summed E-state index contributed by atoms with van der Waals surface area (Å²) in [6, 6.07) is 0. The van der Waals surface area contributed by atoms with Crippen LogP contribution in [0.1, 0.15) is 0 Å². The molecule has 105 valence electrons. The molecule has 0 fully saturated rings. The Bertz CT molecular complexity index is 101. The average Bonchev–Trinajstić information content (AvgIpc) is 2.22. The van der Waals surface area contributed by atoms with Crippen LogP contribution in [0.15, 0.2) is 21.4 Å². The zero-order valence-electron chi connectivity index (χ0n) is 7.80. The van der Waals surface area contributed by atoms with Crippen molar-refractivity contribution in [2.75, 3.05) is 13.1 Å². The van der Waals surface area contributed by atoms with E-state index in [-0.39, 0.29) is 29.9 Å². The van der Waals surface area contributed by atoms with E-state index >= 15 is 0 Å². The third-order valence-electron chi connectivity index (χ3n) is 0.125. The second-order valence-corrected chi connectivity index (χ2v) is 0.798. The van der Waals surface area contributed by atoms with E-state index in [0.717, 1.165) is 21.4 Å². The largest absolute Gasteiger partial charge is 2.00 e. The van der Waals surface area contributed by atoms with Crippen molar-refractivity contribution in [3.8, 4) is 0 Å². The molecule has 0 bridgehead atoms. The smallest absolute Gasteiger partial charge is 0.679 e. The molecular weight excluding hydrogens is 295 g/mol. The number of rotatable bonds is 1. The van der Waals surface area contributed by atoms with Gasteiger partial charge in [-0.25, -0.2) is 0 Å². The van der Waals surface area contributed by atoms with Crippen LogP contribution in [-0.4, -0.2) is 13.1 Å². The predicted octanol–water partition coefficient (Wildman–Crippen LogP) is 2.09. The second-order valence-electron chi connectivity index (χ2n) is 0.798. The number of nitrogens with zero attached hydrogens (tertiary/aromatic N) is 4. The molecule has 0 amide bonds. The Balaban J connectivity index is -0.0000000221. The molecule has 2 N–H and O–H groups in total. The van der Waals surface area contributed by atoms with E-state index in [4.69, 9.17) is 51.9 Å². The van der Waals surface area contributed by atoms with Gasteiger partial charge in [0.2, 0.25) is 0 Å². The minimum absolute atomic E-state index is 0. The second kappa shape index (κ2) is 147. The van der Waals surface area contributed by atoms with E-state index in [2.05, 4.69) is 0 Å².